The van der Waals surface area contributed by atoms with Gasteiger partial charge in [-0.15, -0.1) is 0 Å². The van der Waals surface area contributed by atoms with Crippen molar-refractivity contribution in [1.82, 2.24) is 10.2 Å². The fourth-order valence-corrected chi connectivity index (χ4v) is 3.21. The van der Waals surface area contributed by atoms with Gasteiger partial charge in [0, 0.05) is 12.6 Å². The van der Waals surface area contributed by atoms with Crippen LogP contribution in [0.3, 0.4) is 0 Å². The number of benzene rings is 2. The van der Waals surface area contributed by atoms with Gasteiger partial charge in [-0.05, 0) is 68.9 Å². The van der Waals surface area contributed by atoms with E-state index in [0.717, 1.165) is 23.1 Å². The Morgan fingerprint density at radius 3 is 2.28 bits per heavy atom. The minimum Gasteiger partial charge on any atom is -0.352 e. The third-order valence-corrected chi connectivity index (χ3v) is 5.70. The monoisotopic (exact) mass is 394 g/mol. The molecule has 1 N–H and O–H groups in total. The number of rotatable bonds is 8. The fourth-order valence-electron chi connectivity index (χ4n) is 3.21. The standard InChI is InChI=1S/C25H34N2O2/c1-7-20(5)26-25(29)21(6)27(16-23-11-9-8-10-18(23)3)24(28)15-22-13-12-17(2)19(4)14-22/h8-14,20-21H,7,15-16H2,1-6H3,(H,26,29)/t20-,21-/m1/s1. The lowest BCUT2D eigenvalue weighted by Gasteiger charge is -2.30. The molecule has 0 saturated carbocycles. The molecule has 2 rings (SSSR count). The average Bonchev–Trinajstić information content (AvgIpc) is 2.69. The Morgan fingerprint density at radius 1 is 0.966 bits per heavy atom. The Kier molecular flexibility index (Phi) is 8.00. The van der Waals surface area contributed by atoms with Crippen molar-refractivity contribution in [3.05, 3.63) is 70.3 Å². The highest BCUT2D eigenvalue weighted by molar-refractivity contribution is 5.88. The summed E-state index contributed by atoms with van der Waals surface area (Å²) in [6.07, 6.45) is 1.14. The molecule has 0 unspecified atom stereocenters. The highest BCUT2D eigenvalue weighted by atomic mass is 16.2. The molecule has 4 heteroatoms. The first-order chi connectivity index (χ1) is 13.7. The molecule has 156 valence electrons. The maximum Gasteiger partial charge on any atom is 0.242 e. The minimum atomic E-state index is -0.539. The molecule has 0 aliphatic heterocycles. The lowest BCUT2D eigenvalue weighted by molar-refractivity contribution is -0.140. The number of hydrogen-bond acceptors (Lipinski definition) is 2. The van der Waals surface area contributed by atoms with E-state index >= 15 is 0 Å². The van der Waals surface area contributed by atoms with Crippen LogP contribution in [-0.2, 0) is 22.6 Å². The third-order valence-electron chi connectivity index (χ3n) is 5.70. The summed E-state index contributed by atoms with van der Waals surface area (Å²) in [7, 11) is 0. The molecule has 0 spiro atoms. The van der Waals surface area contributed by atoms with Crippen LogP contribution in [0.15, 0.2) is 42.5 Å². The lowest BCUT2D eigenvalue weighted by atomic mass is 10.0. The number of nitrogens with zero attached hydrogens (tertiary/aromatic N) is 1. The highest BCUT2D eigenvalue weighted by Gasteiger charge is 2.27. The molecule has 0 saturated heterocycles. The normalized spacial score (nSPS) is 12.9. The summed E-state index contributed by atoms with van der Waals surface area (Å²) in [5, 5.41) is 3.01. The van der Waals surface area contributed by atoms with Crippen LogP contribution in [0.2, 0.25) is 0 Å². The van der Waals surface area contributed by atoms with Crippen molar-refractivity contribution in [3.8, 4) is 0 Å². The van der Waals surface area contributed by atoms with Gasteiger partial charge >= 0.3 is 0 Å². The van der Waals surface area contributed by atoms with E-state index in [2.05, 4.69) is 25.2 Å². The first kappa shape index (κ1) is 22.7. The molecule has 0 aliphatic rings. The third kappa shape index (κ3) is 6.18. The maximum atomic E-state index is 13.3. The Balaban J connectivity index is 2.27. The van der Waals surface area contributed by atoms with Crippen LogP contribution in [0.4, 0.5) is 0 Å². The van der Waals surface area contributed by atoms with Gasteiger partial charge in [0.05, 0.1) is 6.42 Å². The number of aryl methyl sites for hydroxylation is 3. The predicted molar refractivity (Wildman–Crippen MR) is 119 cm³/mol. The van der Waals surface area contributed by atoms with Gasteiger partial charge < -0.3 is 10.2 Å². The first-order valence-electron chi connectivity index (χ1n) is 10.4. The van der Waals surface area contributed by atoms with E-state index in [1.54, 1.807) is 4.90 Å². The topological polar surface area (TPSA) is 49.4 Å². The van der Waals surface area contributed by atoms with E-state index in [1.807, 2.05) is 64.1 Å². The van der Waals surface area contributed by atoms with Crippen LogP contribution in [0.1, 0.15) is 55.0 Å². The molecule has 0 aromatic heterocycles. The van der Waals surface area contributed by atoms with Gasteiger partial charge in [-0.25, -0.2) is 0 Å². The highest BCUT2D eigenvalue weighted by Crippen LogP contribution is 2.17. The van der Waals surface area contributed by atoms with E-state index in [1.165, 1.54) is 11.1 Å². The Morgan fingerprint density at radius 2 is 1.66 bits per heavy atom. The van der Waals surface area contributed by atoms with Crippen LogP contribution >= 0.6 is 0 Å². The zero-order valence-electron chi connectivity index (χ0n) is 18.6. The molecule has 0 radical (unpaired) electrons. The molecule has 29 heavy (non-hydrogen) atoms. The molecule has 0 fully saturated rings. The maximum absolute atomic E-state index is 13.3. The summed E-state index contributed by atoms with van der Waals surface area (Å²) in [6.45, 7) is 12.4. The second kappa shape index (κ2) is 10.2. The summed E-state index contributed by atoms with van der Waals surface area (Å²) in [5.41, 5.74) is 5.53. The minimum absolute atomic E-state index is 0.0386. The summed E-state index contributed by atoms with van der Waals surface area (Å²) < 4.78 is 0. The van der Waals surface area contributed by atoms with Gasteiger partial charge in [0.15, 0.2) is 0 Å². The number of hydrogen-bond donors (Lipinski definition) is 1. The van der Waals surface area contributed by atoms with E-state index in [0.29, 0.717) is 6.54 Å². The van der Waals surface area contributed by atoms with Gasteiger partial charge in [-0.3, -0.25) is 9.59 Å². The van der Waals surface area contributed by atoms with E-state index in [9.17, 15) is 9.59 Å². The van der Waals surface area contributed by atoms with Crippen molar-refractivity contribution >= 4 is 11.8 Å². The Hall–Kier alpha value is -2.62. The summed E-state index contributed by atoms with van der Waals surface area (Å²) in [6, 6.07) is 13.7. The van der Waals surface area contributed by atoms with Crippen LogP contribution in [0, 0.1) is 20.8 Å². The molecule has 4 nitrogen and oxygen atoms in total. The molecule has 2 aromatic rings. The zero-order valence-corrected chi connectivity index (χ0v) is 18.6. The fraction of sp³-hybridized carbons (Fsp3) is 0.440. The summed E-state index contributed by atoms with van der Waals surface area (Å²) in [4.78, 5) is 27.8. The Labute approximate surface area is 175 Å². The smallest absolute Gasteiger partial charge is 0.242 e. The SMILES string of the molecule is CC[C@@H](C)NC(=O)[C@@H](C)N(Cc1ccccc1C)C(=O)Cc1ccc(C)c(C)c1. The van der Waals surface area contributed by atoms with Crippen molar-refractivity contribution in [3.63, 3.8) is 0 Å². The zero-order chi connectivity index (χ0) is 21.6. The number of carbonyl (C=O) groups excluding carboxylic acids is 2. The average molecular weight is 395 g/mol. The molecule has 2 amide bonds. The molecule has 0 bridgehead atoms. The predicted octanol–water partition coefficient (Wildman–Crippen LogP) is 4.49. The molecular formula is C25H34N2O2. The van der Waals surface area contributed by atoms with Crippen LogP contribution in [0.25, 0.3) is 0 Å². The van der Waals surface area contributed by atoms with Crippen LogP contribution < -0.4 is 5.32 Å². The van der Waals surface area contributed by atoms with Gasteiger partial charge in [-0.2, -0.15) is 0 Å². The van der Waals surface area contributed by atoms with Gasteiger partial charge in [0.25, 0.3) is 0 Å². The summed E-state index contributed by atoms with van der Waals surface area (Å²) in [5.74, 6) is -0.148. The number of carbonyl (C=O) groups is 2. The number of amides is 2. The van der Waals surface area contributed by atoms with E-state index < -0.39 is 6.04 Å². The lowest BCUT2D eigenvalue weighted by Crippen LogP contribution is -2.50. The van der Waals surface area contributed by atoms with Gasteiger partial charge in [-0.1, -0.05) is 49.4 Å². The quantitative estimate of drug-likeness (QED) is 0.717. The van der Waals surface area contributed by atoms with Gasteiger partial charge in [0.1, 0.15) is 6.04 Å². The van der Waals surface area contributed by atoms with E-state index in [-0.39, 0.29) is 24.3 Å². The van der Waals surface area contributed by atoms with Crippen molar-refractivity contribution < 1.29 is 9.59 Å². The molecule has 2 aromatic carbocycles. The molecule has 2 atom stereocenters. The number of nitrogens with one attached hydrogen (secondary N) is 1. The molecule has 0 aliphatic carbocycles. The van der Waals surface area contributed by atoms with Crippen molar-refractivity contribution in [2.24, 2.45) is 0 Å². The second-order valence-electron chi connectivity index (χ2n) is 8.04. The summed E-state index contributed by atoms with van der Waals surface area (Å²) >= 11 is 0. The van der Waals surface area contributed by atoms with Crippen molar-refractivity contribution in [2.45, 2.75) is 73.0 Å². The molecule has 0 heterocycles. The largest absolute Gasteiger partial charge is 0.352 e. The molecular weight excluding hydrogens is 360 g/mol. The van der Waals surface area contributed by atoms with Gasteiger partial charge in [0.2, 0.25) is 11.8 Å². The van der Waals surface area contributed by atoms with E-state index in [4.69, 9.17) is 0 Å². The Bertz CT molecular complexity index is 860. The van der Waals surface area contributed by atoms with Crippen LogP contribution in [-0.4, -0.2) is 28.8 Å². The van der Waals surface area contributed by atoms with Crippen molar-refractivity contribution in [1.29, 1.82) is 0 Å². The first-order valence-corrected chi connectivity index (χ1v) is 10.4. The van der Waals surface area contributed by atoms with Crippen molar-refractivity contribution in [2.75, 3.05) is 0 Å². The van der Waals surface area contributed by atoms with Crippen LogP contribution in [0.5, 0.6) is 0 Å². The second-order valence-corrected chi connectivity index (χ2v) is 8.04.